The quantitative estimate of drug-likeness (QED) is 0.830. The van der Waals surface area contributed by atoms with Crippen molar-refractivity contribution in [2.24, 2.45) is 0 Å². The fourth-order valence-corrected chi connectivity index (χ4v) is 3.21. The summed E-state index contributed by atoms with van der Waals surface area (Å²) in [4.78, 5) is 17.2. The highest BCUT2D eigenvalue weighted by molar-refractivity contribution is 7.99. The third-order valence-corrected chi connectivity index (χ3v) is 4.70. The van der Waals surface area contributed by atoms with E-state index in [2.05, 4.69) is 41.5 Å². The summed E-state index contributed by atoms with van der Waals surface area (Å²) < 4.78 is 0. The lowest BCUT2D eigenvalue weighted by Crippen LogP contribution is -2.22. The summed E-state index contributed by atoms with van der Waals surface area (Å²) in [7, 11) is 0. The van der Waals surface area contributed by atoms with E-state index in [1.807, 2.05) is 12.3 Å². The first kappa shape index (κ1) is 15.1. The Hall–Kier alpha value is -1.33. The number of thioether (sulfide) groups is 1. The molecular weight excluding hydrogens is 288 g/mol. The van der Waals surface area contributed by atoms with Crippen molar-refractivity contribution in [1.82, 2.24) is 10.3 Å². The summed E-state index contributed by atoms with van der Waals surface area (Å²) in [6.07, 6.45) is 0.531. The van der Waals surface area contributed by atoms with E-state index in [0.717, 1.165) is 16.5 Å². The molecule has 106 valence electrons. The fraction of sp³-hybridized carbons (Fsp3) is 0.333. The van der Waals surface area contributed by atoms with Gasteiger partial charge in [0.1, 0.15) is 5.01 Å². The average Bonchev–Trinajstić information content (AvgIpc) is 2.85. The van der Waals surface area contributed by atoms with Gasteiger partial charge in [0.25, 0.3) is 0 Å². The number of carbonyl (C=O) groups excluding carboxylic acids is 1. The van der Waals surface area contributed by atoms with Gasteiger partial charge in [-0.05, 0) is 26.0 Å². The van der Waals surface area contributed by atoms with Crippen molar-refractivity contribution >= 4 is 29.0 Å². The second kappa shape index (κ2) is 7.45. The number of aromatic nitrogens is 1. The molecule has 0 fully saturated rings. The van der Waals surface area contributed by atoms with Crippen molar-refractivity contribution in [2.45, 2.75) is 31.7 Å². The second-order valence-corrected chi connectivity index (χ2v) is 6.68. The number of thiazole rings is 1. The normalized spacial score (nSPS) is 10.5. The van der Waals surface area contributed by atoms with Gasteiger partial charge in [0.15, 0.2) is 0 Å². The number of aryl methyl sites for hydroxylation is 2. The SMILES string of the molecule is Cc1ccc(SCCC(=O)NCc2nc(C)cs2)cc1. The predicted molar refractivity (Wildman–Crippen MR) is 85.2 cm³/mol. The molecule has 0 spiro atoms. The van der Waals surface area contributed by atoms with Crippen LogP contribution in [-0.2, 0) is 11.3 Å². The molecule has 1 N–H and O–H groups in total. The molecule has 2 aromatic rings. The first-order chi connectivity index (χ1) is 9.63. The molecule has 1 heterocycles. The molecule has 0 aliphatic rings. The average molecular weight is 306 g/mol. The lowest BCUT2D eigenvalue weighted by atomic mass is 10.2. The number of benzene rings is 1. The summed E-state index contributed by atoms with van der Waals surface area (Å²) in [5.74, 6) is 0.878. The van der Waals surface area contributed by atoms with Crippen LogP contribution < -0.4 is 5.32 Å². The van der Waals surface area contributed by atoms with Gasteiger partial charge < -0.3 is 5.32 Å². The van der Waals surface area contributed by atoms with Gasteiger partial charge in [0.05, 0.1) is 6.54 Å². The molecule has 0 saturated carbocycles. The summed E-state index contributed by atoms with van der Waals surface area (Å²) in [6, 6.07) is 8.37. The molecule has 0 saturated heterocycles. The molecule has 1 amide bonds. The van der Waals surface area contributed by atoms with E-state index in [1.165, 1.54) is 10.5 Å². The molecule has 1 aromatic heterocycles. The van der Waals surface area contributed by atoms with Crippen LogP contribution in [0.5, 0.6) is 0 Å². The molecule has 0 radical (unpaired) electrons. The summed E-state index contributed by atoms with van der Waals surface area (Å²) >= 11 is 3.29. The third kappa shape index (κ3) is 4.98. The largest absolute Gasteiger partial charge is 0.350 e. The minimum atomic E-state index is 0.0810. The van der Waals surface area contributed by atoms with Crippen LogP contribution in [0.1, 0.15) is 22.7 Å². The zero-order valence-corrected chi connectivity index (χ0v) is 13.3. The van der Waals surface area contributed by atoms with Crippen LogP contribution >= 0.6 is 23.1 Å². The Kier molecular flexibility index (Phi) is 5.61. The van der Waals surface area contributed by atoms with E-state index in [9.17, 15) is 4.79 Å². The standard InChI is InChI=1S/C15H18N2OS2/c1-11-3-5-13(6-4-11)19-8-7-14(18)16-9-15-17-12(2)10-20-15/h3-6,10H,7-9H2,1-2H3,(H,16,18). The van der Waals surface area contributed by atoms with E-state index in [0.29, 0.717) is 13.0 Å². The number of hydrogen-bond acceptors (Lipinski definition) is 4. The molecule has 0 aliphatic heterocycles. The van der Waals surface area contributed by atoms with Crippen LogP contribution in [0.4, 0.5) is 0 Å². The van der Waals surface area contributed by atoms with Crippen LogP contribution in [0.15, 0.2) is 34.5 Å². The lowest BCUT2D eigenvalue weighted by molar-refractivity contribution is -0.120. The first-order valence-corrected chi connectivity index (χ1v) is 8.37. The van der Waals surface area contributed by atoms with Gasteiger partial charge in [0.2, 0.25) is 5.91 Å². The number of hydrogen-bond donors (Lipinski definition) is 1. The number of nitrogens with one attached hydrogen (secondary N) is 1. The van der Waals surface area contributed by atoms with Crippen LogP contribution in [0.3, 0.4) is 0 Å². The lowest BCUT2D eigenvalue weighted by Gasteiger charge is -2.04. The van der Waals surface area contributed by atoms with Crippen molar-refractivity contribution in [3.05, 3.63) is 45.9 Å². The van der Waals surface area contributed by atoms with Crippen LogP contribution in [0.25, 0.3) is 0 Å². The fourth-order valence-electron chi connectivity index (χ4n) is 1.64. The van der Waals surface area contributed by atoms with E-state index >= 15 is 0 Å². The second-order valence-electron chi connectivity index (χ2n) is 4.57. The smallest absolute Gasteiger partial charge is 0.221 e. The van der Waals surface area contributed by atoms with E-state index < -0.39 is 0 Å². The van der Waals surface area contributed by atoms with Gasteiger partial charge in [-0.3, -0.25) is 4.79 Å². The number of rotatable bonds is 6. The van der Waals surface area contributed by atoms with Crippen molar-refractivity contribution in [3.8, 4) is 0 Å². The van der Waals surface area contributed by atoms with Crippen molar-refractivity contribution in [1.29, 1.82) is 0 Å². The van der Waals surface area contributed by atoms with Gasteiger partial charge in [-0.1, -0.05) is 17.7 Å². The first-order valence-electron chi connectivity index (χ1n) is 6.50. The maximum atomic E-state index is 11.7. The third-order valence-electron chi connectivity index (χ3n) is 2.72. The Morgan fingerprint density at radius 1 is 1.30 bits per heavy atom. The monoisotopic (exact) mass is 306 g/mol. The van der Waals surface area contributed by atoms with E-state index in [4.69, 9.17) is 0 Å². The maximum absolute atomic E-state index is 11.7. The molecule has 1 aromatic carbocycles. The predicted octanol–water partition coefficient (Wildman–Crippen LogP) is 3.56. The minimum Gasteiger partial charge on any atom is -0.350 e. The van der Waals surface area contributed by atoms with Crippen LogP contribution in [0.2, 0.25) is 0 Å². The Labute approximate surface area is 127 Å². The number of nitrogens with zero attached hydrogens (tertiary/aromatic N) is 1. The summed E-state index contributed by atoms with van der Waals surface area (Å²) in [5.41, 5.74) is 2.26. The molecule has 3 nitrogen and oxygen atoms in total. The van der Waals surface area contributed by atoms with Gasteiger partial charge in [0, 0.05) is 28.1 Å². The highest BCUT2D eigenvalue weighted by Gasteiger charge is 2.04. The van der Waals surface area contributed by atoms with Crippen LogP contribution in [0, 0.1) is 13.8 Å². The van der Waals surface area contributed by atoms with Crippen molar-refractivity contribution in [3.63, 3.8) is 0 Å². The Morgan fingerprint density at radius 3 is 2.70 bits per heavy atom. The number of amides is 1. The van der Waals surface area contributed by atoms with Gasteiger partial charge in [-0.2, -0.15) is 0 Å². The molecule has 0 bridgehead atoms. The Bertz CT molecular complexity index is 564. The Balaban J connectivity index is 1.66. The minimum absolute atomic E-state index is 0.0810. The highest BCUT2D eigenvalue weighted by Crippen LogP contribution is 2.18. The topological polar surface area (TPSA) is 42.0 Å². The van der Waals surface area contributed by atoms with Crippen LogP contribution in [-0.4, -0.2) is 16.6 Å². The Morgan fingerprint density at radius 2 is 2.05 bits per heavy atom. The zero-order chi connectivity index (χ0) is 14.4. The summed E-state index contributed by atoms with van der Waals surface area (Å²) in [6.45, 7) is 4.56. The molecule has 20 heavy (non-hydrogen) atoms. The van der Waals surface area contributed by atoms with E-state index in [-0.39, 0.29) is 5.91 Å². The highest BCUT2D eigenvalue weighted by atomic mass is 32.2. The molecule has 0 atom stereocenters. The molecule has 5 heteroatoms. The zero-order valence-electron chi connectivity index (χ0n) is 11.7. The van der Waals surface area contributed by atoms with Gasteiger partial charge in [-0.25, -0.2) is 4.98 Å². The van der Waals surface area contributed by atoms with Gasteiger partial charge >= 0.3 is 0 Å². The maximum Gasteiger partial charge on any atom is 0.221 e. The molecule has 0 unspecified atom stereocenters. The number of carbonyl (C=O) groups is 1. The molecule has 2 rings (SSSR count). The molecule has 0 aliphatic carbocycles. The van der Waals surface area contributed by atoms with Crippen molar-refractivity contribution in [2.75, 3.05) is 5.75 Å². The van der Waals surface area contributed by atoms with E-state index in [1.54, 1.807) is 23.1 Å². The summed E-state index contributed by atoms with van der Waals surface area (Å²) in [5, 5.41) is 5.86. The molecular formula is C15H18N2OS2. The van der Waals surface area contributed by atoms with Gasteiger partial charge in [-0.15, -0.1) is 23.1 Å². The van der Waals surface area contributed by atoms with Crippen molar-refractivity contribution < 1.29 is 4.79 Å².